The molecule has 188 valence electrons. The number of aromatic nitrogens is 1. The molecule has 2 aromatic heterocycles. The number of aryl methyl sites for hydroxylation is 3. The third-order valence-corrected chi connectivity index (χ3v) is 8.52. The highest BCUT2D eigenvalue weighted by molar-refractivity contribution is 7.11. The van der Waals surface area contributed by atoms with E-state index in [2.05, 4.69) is 41.1 Å². The fourth-order valence-electron chi connectivity index (χ4n) is 5.55. The summed E-state index contributed by atoms with van der Waals surface area (Å²) < 4.78 is 5.42. The molecule has 1 saturated heterocycles. The molecular weight excluding hydrogens is 456 g/mol. The molecule has 1 aromatic carbocycles. The summed E-state index contributed by atoms with van der Waals surface area (Å²) in [6.07, 6.45) is 9.73. The van der Waals surface area contributed by atoms with Crippen molar-refractivity contribution < 1.29 is 14.6 Å². The summed E-state index contributed by atoms with van der Waals surface area (Å²) >= 11 is 1.90. The van der Waals surface area contributed by atoms with Crippen LogP contribution in [0, 0.1) is 18.8 Å². The van der Waals surface area contributed by atoms with Crippen LogP contribution < -0.4 is 4.74 Å². The molecule has 35 heavy (non-hydrogen) atoms. The van der Waals surface area contributed by atoms with E-state index in [1.54, 1.807) is 7.11 Å². The largest absolute Gasteiger partial charge is 0.497 e. The van der Waals surface area contributed by atoms with Gasteiger partial charge in [-0.2, -0.15) is 0 Å². The van der Waals surface area contributed by atoms with Crippen LogP contribution in [-0.4, -0.2) is 47.7 Å². The average Bonchev–Trinajstić information content (AvgIpc) is 3.28. The lowest BCUT2D eigenvalue weighted by molar-refractivity contribution is -0.137. The predicted molar refractivity (Wildman–Crippen MR) is 144 cm³/mol. The highest BCUT2D eigenvalue weighted by Gasteiger charge is 2.29. The van der Waals surface area contributed by atoms with Gasteiger partial charge in [-0.05, 0) is 119 Å². The number of carbonyl (C=O) groups is 1. The van der Waals surface area contributed by atoms with Gasteiger partial charge in [0.15, 0.2) is 0 Å². The Morgan fingerprint density at radius 3 is 2.80 bits per heavy atom. The number of rotatable bonds is 12. The SMILES string of the molecule is COc1ccc2nccc(CCC[C@@H]3CCN(CCCc4ccc(C)s4)C[C@@H]3CCC(=O)O)c2c1. The van der Waals surface area contributed by atoms with Gasteiger partial charge in [0.1, 0.15) is 5.75 Å². The molecule has 1 N–H and O–H groups in total. The minimum absolute atomic E-state index is 0.276. The number of fused-ring (bicyclic) bond motifs is 1. The summed E-state index contributed by atoms with van der Waals surface area (Å²) in [5.74, 6) is 1.26. The number of methoxy groups -OCH3 is 1. The molecule has 0 unspecified atom stereocenters. The zero-order chi connectivity index (χ0) is 24.6. The first kappa shape index (κ1) is 25.6. The number of ether oxygens (including phenoxy) is 1. The van der Waals surface area contributed by atoms with Crippen LogP contribution in [0.15, 0.2) is 42.6 Å². The molecule has 0 spiro atoms. The van der Waals surface area contributed by atoms with Crippen molar-refractivity contribution in [1.29, 1.82) is 0 Å². The van der Waals surface area contributed by atoms with Crippen molar-refractivity contribution in [3.63, 3.8) is 0 Å². The van der Waals surface area contributed by atoms with Crippen molar-refractivity contribution in [3.8, 4) is 5.75 Å². The second-order valence-electron chi connectivity index (χ2n) is 9.90. The Bertz CT molecular complexity index is 1110. The van der Waals surface area contributed by atoms with Crippen LogP contribution in [0.1, 0.15) is 53.8 Å². The molecule has 3 heterocycles. The number of benzene rings is 1. The van der Waals surface area contributed by atoms with Crippen LogP contribution in [0.2, 0.25) is 0 Å². The normalized spacial score (nSPS) is 18.7. The Morgan fingerprint density at radius 2 is 2.03 bits per heavy atom. The number of carboxylic acids is 1. The van der Waals surface area contributed by atoms with Crippen LogP contribution in [-0.2, 0) is 17.6 Å². The molecule has 0 bridgehead atoms. The highest BCUT2D eigenvalue weighted by Crippen LogP contribution is 2.32. The van der Waals surface area contributed by atoms with Gasteiger partial charge in [-0.3, -0.25) is 9.78 Å². The molecule has 0 saturated carbocycles. The number of thiophene rings is 1. The van der Waals surface area contributed by atoms with Crippen molar-refractivity contribution in [3.05, 3.63) is 57.9 Å². The first-order valence-corrected chi connectivity index (χ1v) is 13.7. The molecule has 0 aliphatic carbocycles. The standard InChI is InChI=1S/C29H38N2O3S/c1-21-8-11-26(35-21)7-4-17-31-18-15-22(24(20-31)9-13-29(32)33)5-3-6-23-14-16-30-28-12-10-25(34-2)19-27(23)28/h8,10-12,14,16,19,22,24H,3-7,9,13,15,17-18,20H2,1-2H3,(H,32,33)/t22-,24+/m1/s1. The Kier molecular flexibility index (Phi) is 9.16. The van der Waals surface area contributed by atoms with Crippen molar-refractivity contribution >= 4 is 28.2 Å². The molecule has 1 fully saturated rings. The second kappa shape index (κ2) is 12.5. The predicted octanol–water partition coefficient (Wildman–Crippen LogP) is 6.37. The van der Waals surface area contributed by atoms with Gasteiger partial charge in [-0.1, -0.05) is 0 Å². The molecule has 1 aliphatic heterocycles. The minimum atomic E-state index is -0.675. The van der Waals surface area contributed by atoms with Gasteiger partial charge >= 0.3 is 5.97 Å². The molecule has 5 nitrogen and oxygen atoms in total. The van der Waals surface area contributed by atoms with E-state index in [1.165, 1.54) is 33.5 Å². The number of piperidine rings is 1. The lowest BCUT2D eigenvalue weighted by Crippen LogP contribution is -2.41. The van der Waals surface area contributed by atoms with Gasteiger partial charge in [0.25, 0.3) is 0 Å². The van der Waals surface area contributed by atoms with Crippen LogP contribution >= 0.6 is 11.3 Å². The number of aliphatic carboxylic acids is 1. The van der Waals surface area contributed by atoms with E-state index in [4.69, 9.17) is 4.74 Å². The number of hydrogen-bond acceptors (Lipinski definition) is 5. The lowest BCUT2D eigenvalue weighted by Gasteiger charge is -2.39. The summed E-state index contributed by atoms with van der Waals surface area (Å²) in [5, 5.41) is 10.5. The maximum absolute atomic E-state index is 11.3. The number of nitrogens with zero attached hydrogens (tertiary/aromatic N) is 2. The quantitative estimate of drug-likeness (QED) is 0.317. The summed E-state index contributed by atoms with van der Waals surface area (Å²) in [7, 11) is 1.70. The van der Waals surface area contributed by atoms with Crippen LogP contribution in [0.3, 0.4) is 0 Å². The number of likely N-dealkylation sites (tertiary alicyclic amines) is 1. The Balaban J connectivity index is 1.31. The number of carboxylic acid groups (broad SMARTS) is 1. The first-order valence-electron chi connectivity index (χ1n) is 12.9. The fraction of sp³-hybridized carbons (Fsp3) is 0.517. The van der Waals surface area contributed by atoms with E-state index in [9.17, 15) is 9.90 Å². The van der Waals surface area contributed by atoms with E-state index < -0.39 is 5.97 Å². The maximum atomic E-state index is 11.3. The maximum Gasteiger partial charge on any atom is 0.303 e. The smallest absolute Gasteiger partial charge is 0.303 e. The topological polar surface area (TPSA) is 62.7 Å². The molecule has 0 amide bonds. The zero-order valence-electron chi connectivity index (χ0n) is 21.0. The average molecular weight is 495 g/mol. The third kappa shape index (κ3) is 7.28. The molecule has 1 aliphatic rings. The second-order valence-corrected chi connectivity index (χ2v) is 11.3. The Labute approximate surface area is 213 Å². The molecular formula is C29H38N2O3S. The number of hydrogen-bond donors (Lipinski definition) is 1. The van der Waals surface area contributed by atoms with Crippen molar-refractivity contribution in [2.45, 2.75) is 58.3 Å². The van der Waals surface area contributed by atoms with Crippen LogP contribution in [0.5, 0.6) is 5.75 Å². The van der Waals surface area contributed by atoms with Gasteiger partial charge < -0.3 is 14.7 Å². The molecule has 4 rings (SSSR count). The van der Waals surface area contributed by atoms with E-state index in [0.29, 0.717) is 11.8 Å². The molecule has 2 atom stereocenters. The van der Waals surface area contributed by atoms with E-state index in [1.807, 2.05) is 29.7 Å². The molecule has 6 heteroatoms. The van der Waals surface area contributed by atoms with Gasteiger partial charge in [0.05, 0.1) is 12.6 Å². The van der Waals surface area contributed by atoms with Crippen molar-refractivity contribution in [2.24, 2.45) is 11.8 Å². The summed E-state index contributed by atoms with van der Waals surface area (Å²) in [6, 6.07) is 12.7. The number of pyridine rings is 1. The summed E-state index contributed by atoms with van der Waals surface area (Å²) in [6.45, 7) is 5.45. The Morgan fingerprint density at radius 1 is 1.14 bits per heavy atom. The van der Waals surface area contributed by atoms with Crippen molar-refractivity contribution in [1.82, 2.24) is 9.88 Å². The highest BCUT2D eigenvalue weighted by atomic mass is 32.1. The van der Waals surface area contributed by atoms with Gasteiger partial charge in [-0.15, -0.1) is 11.3 Å². The Hall–Kier alpha value is -2.44. The lowest BCUT2D eigenvalue weighted by atomic mass is 9.79. The fourth-order valence-corrected chi connectivity index (χ4v) is 6.49. The van der Waals surface area contributed by atoms with Gasteiger partial charge in [0, 0.05) is 34.3 Å². The van der Waals surface area contributed by atoms with Gasteiger partial charge in [-0.25, -0.2) is 0 Å². The monoisotopic (exact) mass is 494 g/mol. The van der Waals surface area contributed by atoms with E-state index in [-0.39, 0.29) is 6.42 Å². The van der Waals surface area contributed by atoms with Crippen molar-refractivity contribution in [2.75, 3.05) is 26.7 Å². The summed E-state index contributed by atoms with van der Waals surface area (Å²) in [4.78, 5) is 21.2. The van der Waals surface area contributed by atoms with Crippen LogP contribution in [0.25, 0.3) is 10.9 Å². The molecule has 3 aromatic rings. The van der Waals surface area contributed by atoms with E-state index >= 15 is 0 Å². The third-order valence-electron chi connectivity index (χ3n) is 7.46. The first-order chi connectivity index (χ1) is 17.0. The minimum Gasteiger partial charge on any atom is -0.497 e. The van der Waals surface area contributed by atoms with Gasteiger partial charge in [0.2, 0.25) is 0 Å². The van der Waals surface area contributed by atoms with Crippen LogP contribution in [0.4, 0.5) is 0 Å². The zero-order valence-corrected chi connectivity index (χ0v) is 21.9. The molecule has 0 radical (unpaired) electrons. The summed E-state index contributed by atoms with van der Waals surface area (Å²) in [5.41, 5.74) is 2.32. The van der Waals surface area contributed by atoms with E-state index in [0.717, 1.165) is 63.0 Å².